The molecule has 0 radical (unpaired) electrons. The first-order valence-corrected chi connectivity index (χ1v) is 7.43. The maximum atomic E-state index is 12.1. The molecule has 4 nitrogen and oxygen atoms in total. The molecule has 4 heteroatoms. The summed E-state index contributed by atoms with van der Waals surface area (Å²) in [5, 5.41) is 3.12. The monoisotopic (exact) mass is 254 g/mol. The molecule has 1 saturated carbocycles. The van der Waals surface area contributed by atoms with Gasteiger partial charge in [-0.3, -0.25) is 4.79 Å². The standard InChI is InChI=1S/C14H26N2O2/c15-10-12(11-6-2-1-3-7-11)16-14(17)13-8-4-5-9-18-13/h11-13H,1-10,15H2,(H,16,17). The number of nitrogens with two attached hydrogens (primary N) is 1. The molecule has 1 aliphatic heterocycles. The lowest BCUT2D eigenvalue weighted by atomic mass is 9.84. The van der Waals surface area contributed by atoms with Crippen LogP contribution in [-0.2, 0) is 9.53 Å². The summed E-state index contributed by atoms with van der Waals surface area (Å²) in [6.07, 6.45) is 9.06. The van der Waals surface area contributed by atoms with Gasteiger partial charge in [0.1, 0.15) is 6.10 Å². The summed E-state index contributed by atoms with van der Waals surface area (Å²) in [5.41, 5.74) is 5.83. The summed E-state index contributed by atoms with van der Waals surface area (Å²) in [4.78, 5) is 12.1. The van der Waals surface area contributed by atoms with Gasteiger partial charge in [0.05, 0.1) is 0 Å². The number of nitrogens with one attached hydrogen (secondary N) is 1. The van der Waals surface area contributed by atoms with E-state index in [-0.39, 0.29) is 18.1 Å². The van der Waals surface area contributed by atoms with Gasteiger partial charge in [0.15, 0.2) is 0 Å². The highest BCUT2D eigenvalue weighted by Crippen LogP contribution is 2.26. The SMILES string of the molecule is NCC(NC(=O)C1CCCCO1)C1CCCCC1. The predicted octanol–water partition coefficient (Wildman–Crippen LogP) is 1.58. The van der Waals surface area contributed by atoms with Gasteiger partial charge >= 0.3 is 0 Å². The summed E-state index contributed by atoms with van der Waals surface area (Å²) in [6.45, 7) is 1.26. The third kappa shape index (κ3) is 3.69. The lowest BCUT2D eigenvalue weighted by molar-refractivity contribution is -0.136. The van der Waals surface area contributed by atoms with E-state index in [0.717, 1.165) is 25.9 Å². The third-order valence-electron chi connectivity index (χ3n) is 4.27. The average molecular weight is 254 g/mol. The van der Waals surface area contributed by atoms with Crippen molar-refractivity contribution >= 4 is 5.91 Å². The number of hydrogen-bond acceptors (Lipinski definition) is 3. The molecule has 0 aromatic heterocycles. The van der Waals surface area contributed by atoms with E-state index in [0.29, 0.717) is 12.5 Å². The van der Waals surface area contributed by atoms with Crippen LogP contribution in [0.2, 0.25) is 0 Å². The third-order valence-corrected chi connectivity index (χ3v) is 4.27. The molecule has 0 bridgehead atoms. The minimum absolute atomic E-state index is 0.0516. The van der Waals surface area contributed by atoms with E-state index in [1.165, 1.54) is 32.1 Å². The van der Waals surface area contributed by atoms with Crippen molar-refractivity contribution in [2.24, 2.45) is 11.7 Å². The Hall–Kier alpha value is -0.610. The van der Waals surface area contributed by atoms with Gasteiger partial charge in [0.25, 0.3) is 0 Å². The fourth-order valence-corrected chi connectivity index (χ4v) is 3.13. The number of ether oxygens (including phenoxy) is 1. The van der Waals surface area contributed by atoms with Gasteiger partial charge < -0.3 is 15.8 Å². The first-order chi connectivity index (χ1) is 8.81. The number of amides is 1. The molecule has 1 heterocycles. The zero-order valence-electron chi connectivity index (χ0n) is 11.2. The number of hydrogen-bond donors (Lipinski definition) is 2. The molecule has 0 spiro atoms. The lowest BCUT2D eigenvalue weighted by Gasteiger charge is -2.32. The Labute approximate surface area is 110 Å². The molecule has 1 saturated heterocycles. The van der Waals surface area contributed by atoms with E-state index < -0.39 is 0 Å². The highest BCUT2D eigenvalue weighted by Gasteiger charge is 2.28. The second-order valence-electron chi connectivity index (χ2n) is 5.60. The van der Waals surface area contributed by atoms with Crippen LogP contribution in [-0.4, -0.2) is 31.2 Å². The second-order valence-corrected chi connectivity index (χ2v) is 5.60. The molecule has 2 unspecified atom stereocenters. The van der Waals surface area contributed by atoms with Crippen LogP contribution >= 0.6 is 0 Å². The molecular weight excluding hydrogens is 228 g/mol. The molecule has 2 rings (SSSR count). The maximum absolute atomic E-state index is 12.1. The van der Waals surface area contributed by atoms with E-state index in [1.807, 2.05) is 0 Å². The van der Waals surface area contributed by atoms with Gasteiger partial charge in [-0.05, 0) is 38.0 Å². The van der Waals surface area contributed by atoms with Crippen LogP contribution in [0.5, 0.6) is 0 Å². The van der Waals surface area contributed by atoms with Gasteiger partial charge in [-0.2, -0.15) is 0 Å². The van der Waals surface area contributed by atoms with E-state index in [9.17, 15) is 4.79 Å². The van der Waals surface area contributed by atoms with Crippen molar-refractivity contribution < 1.29 is 9.53 Å². The zero-order chi connectivity index (χ0) is 12.8. The summed E-state index contributed by atoms with van der Waals surface area (Å²) >= 11 is 0. The van der Waals surface area contributed by atoms with Crippen molar-refractivity contribution in [3.63, 3.8) is 0 Å². The molecule has 2 aliphatic rings. The minimum Gasteiger partial charge on any atom is -0.368 e. The summed E-state index contributed by atoms with van der Waals surface area (Å²) in [5.74, 6) is 0.618. The quantitative estimate of drug-likeness (QED) is 0.800. The zero-order valence-corrected chi connectivity index (χ0v) is 11.2. The summed E-state index contributed by atoms with van der Waals surface area (Å²) in [6, 6.07) is 0.142. The maximum Gasteiger partial charge on any atom is 0.249 e. The van der Waals surface area contributed by atoms with Crippen molar-refractivity contribution in [3.8, 4) is 0 Å². The van der Waals surface area contributed by atoms with E-state index in [2.05, 4.69) is 5.32 Å². The van der Waals surface area contributed by atoms with E-state index in [1.54, 1.807) is 0 Å². The van der Waals surface area contributed by atoms with Crippen LogP contribution in [0.15, 0.2) is 0 Å². The molecule has 0 aromatic rings. The Morgan fingerprint density at radius 3 is 2.50 bits per heavy atom. The van der Waals surface area contributed by atoms with Crippen LogP contribution < -0.4 is 11.1 Å². The summed E-state index contributed by atoms with van der Waals surface area (Å²) in [7, 11) is 0. The fraction of sp³-hybridized carbons (Fsp3) is 0.929. The van der Waals surface area contributed by atoms with Crippen LogP contribution in [0.1, 0.15) is 51.4 Å². The van der Waals surface area contributed by atoms with Gasteiger partial charge in [-0.15, -0.1) is 0 Å². The normalized spacial score (nSPS) is 27.7. The van der Waals surface area contributed by atoms with E-state index in [4.69, 9.17) is 10.5 Å². The van der Waals surface area contributed by atoms with E-state index >= 15 is 0 Å². The molecule has 1 amide bonds. The predicted molar refractivity (Wildman–Crippen MR) is 71.2 cm³/mol. The van der Waals surface area contributed by atoms with Crippen LogP contribution in [0.4, 0.5) is 0 Å². The van der Waals surface area contributed by atoms with Crippen molar-refractivity contribution in [1.29, 1.82) is 0 Å². The molecule has 2 atom stereocenters. The van der Waals surface area contributed by atoms with Crippen molar-refractivity contribution in [2.75, 3.05) is 13.2 Å². The van der Waals surface area contributed by atoms with Crippen LogP contribution in [0, 0.1) is 5.92 Å². The smallest absolute Gasteiger partial charge is 0.249 e. The van der Waals surface area contributed by atoms with Crippen molar-refractivity contribution in [1.82, 2.24) is 5.32 Å². The summed E-state index contributed by atoms with van der Waals surface area (Å²) < 4.78 is 5.52. The Morgan fingerprint density at radius 1 is 1.17 bits per heavy atom. The Morgan fingerprint density at radius 2 is 1.89 bits per heavy atom. The number of rotatable bonds is 4. The van der Waals surface area contributed by atoms with Gasteiger partial charge in [0, 0.05) is 19.2 Å². The van der Waals surface area contributed by atoms with Gasteiger partial charge in [0.2, 0.25) is 5.91 Å². The number of carbonyl (C=O) groups is 1. The van der Waals surface area contributed by atoms with Gasteiger partial charge in [-0.25, -0.2) is 0 Å². The van der Waals surface area contributed by atoms with Gasteiger partial charge in [-0.1, -0.05) is 19.3 Å². The Kier molecular flexibility index (Phi) is 5.45. The Balaban J connectivity index is 1.82. The van der Waals surface area contributed by atoms with Crippen molar-refractivity contribution in [2.45, 2.75) is 63.5 Å². The Bertz CT molecular complexity index is 259. The first-order valence-electron chi connectivity index (χ1n) is 7.43. The molecule has 3 N–H and O–H groups in total. The lowest BCUT2D eigenvalue weighted by Crippen LogP contribution is -2.50. The van der Waals surface area contributed by atoms with Crippen LogP contribution in [0.3, 0.4) is 0 Å². The highest BCUT2D eigenvalue weighted by atomic mass is 16.5. The first kappa shape index (κ1) is 13.8. The second kappa shape index (κ2) is 7.10. The molecule has 18 heavy (non-hydrogen) atoms. The largest absolute Gasteiger partial charge is 0.368 e. The highest BCUT2D eigenvalue weighted by molar-refractivity contribution is 5.81. The molecular formula is C14H26N2O2. The van der Waals surface area contributed by atoms with Crippen molar-refractivity contribution in [3.05, 3.63) is 0 Å². The molecule has 104 valence electrons. The molecule has 1 aliphatic carbocycles. The average Bonchev–Trinajstić information content (AvgIpc) is 2.46. The molecule has 2 fully saturated rings. The topological polar surface area (TPSA) is 64.3 Å². The van der Waals surface area contributed by atoms with Crippen LogP contribution in [0.25, 0.3) is 0 Å². The molecule has 0 aromatic carbocycles. The minimum atomic E-state index is -0.239. The fourth-order valence-electron chi connectivity index (χ4n) is 3.13. The number of carbonyl (C=O) groups excluding carboxylic acids is 1.